The summed E-state index contributed by atoms with van der Waals surface area (Å²) >= 11 is 6.12. The van der Waals surface area contributed by atoms with Gasteiger partial charge in [0.05, 0.1) is 11.6 Å². The molecule has 1 aliphatic rings. The number of amides is 1. The molecular weight excluding hydrogens is 464 g/mol. The maximum Gasteiger partial charge on any atom is 0.255 e. The molecule has 7 nitrogen and oxygen atoms in total. The first-order valence-electron chi connectivity index (χ1n) is 11.6. The van der Waals surface area contributed by atoms with Crippen LogP contribution in [0.2, 0.25) is 5.02 Å². The van der Waals surface area contributed by atoms with Gasteiger partial charge in [0.15, 0.2) is 5.78 Å². The molecule has 1 amide bonds. The third-order valence-electron chi connectivity index (χ3n) is 6.43. The van der Waals surface area contributed by atoms with Crippen molar-refractivity contribution in [2.75, 3.05) is 19.6 Å². The van der Waals surface area contributed by atoms with E-state index in [0.29, 0.717) is 34.9 Å². The van der Waals surface area contributed by atoms with Gasteiger partial charge in [0.2, 0.25) is 0 Å². The number of nitrogens with one attached hydrogen (secondary N) is 2. The van der Waals surface area contributed by atoms with Crippen molar-refractivity contribution in [2.45, 2.75) is 18.9 Å². The average molecular weight is 489 g/mol. The topological polar surface area (TPSA) is 87.2 Å². The molecule has 1 unspecified atom stereocenters. The highest BCUT2D eigenvalue weighted by Gasteiger charge is 2.25. The number of hydrogen-bond donors (Lipinski definition) is 2. The van der Waals surface area contributed by atoms with E-state index in [9.17, 15) is 14.4 Å². The van der Waals surface area contributed by atoms with E-state index in [1.54, 1.807) is 54.9 Å². The number of piperidine rings is 1. The number of benzene rings is 2. The fourth-order valence-electron chi connectivity index (χ4n) is 4.52. The molecular formula is C27H25ClN4O3. The van der Waals surface area contributed by atoms with Gasteiger partial charge in [0.1, 0.15) is 0 Å². The number of ketones is 1. The second-order valence-electron chi connectivity index (χ2n) is 8.75. The van der Waals surface area contributed by atoms with Crippen LogP contribution in [-0.2, 0) is 0 Å². The summed E-state index contributed by atoms with van der Waals surface area (Å²) in [5, 5.41) is 4.85. The number of aromatic amines is 1. The lowest BCUT2D eigenvalue weighted by atomic mass is 10.0. The van der Waals surface area contributed by atoms with Gasteiger partial charge < -0.3 is 15.2 Å². The lowest BCUT2D eigenvalue weighted by Gasteiger charge is -2.33. The van der Waals surface area contributed by atoms with Crippen molar-refractivity contribution in [1.29, 1.82) is 0 Å². The van der Waals surface area contributed by atoms with Crippen LogP contribution < -0.4 is 10.9 Å². The van der Waals surface area contributed by atoms with Gasteiger partial charge >= 0.3 is 0 Å². The third-order valence-corrected chi connectivity index (χ3v) is 6.74. The monoisotopic (exact) mass is 488 g/mol. The van der Waals surface area contributed by atoms with Crippen LogP contribution in [0.25, 0.3) is 16.6 Å². The first-order chi connectivity index (χ1) is 17.0. The Labute approximate surface area is 207 Å². The van der Waals surface area contributed by atoms with Crippen LogP contribution in [0.4, 0.5) is 0 Å². The number of fused-ring (bicyclic) bond motifs is 1. The van der Waals surface area contributed by atoms with Gasteiger partial charge in [0.25, 0.3) is 11.5 Å². The Hall–Kier alpha value is -3.68. The molecule has 1 aliphatic heterocycles. The van der Waals surface area contributed by atoms with E-state index in [4.69, 9.17) is 11.6 Å². The standard InChI is InChI=1S/C27H25ClN4O3/c28-23-15-30-24-14-19(8-11-22(23)24)25(33)16-29-20-4-3-12-31(17-20)27(35)18-6-9-21(10-7-18)32-13-2-1-5-26(32)34/h1-2,5-11,13-15,20,29-30H,3-4,12,16-17H2. The van der Waals surface area contributed by atoms with Gasteiger partial charge in [-0.15, -0.1) is 0 Å². The number of hydrogen-bond acceptors (Lipinski definition) is 4. The van der Waals surface area contributed by atoms with E-state index >= 15 is 0 Å². The van der Waals surface area contributed by atoms with Crippen LogP contribution in [0, 0.1) is 0 Å². The molecule has 2 N–H and O–H groups in total. The molecule has 1 fully saturated rings. The van der Waals surface area contributed by atoms with Crippen molar-refractivity contribution in [3.05, 3.63) is 99.6 Å². The summed E-state index contributed by atoms with van der Waals surface area (Å²) in [5.74, 6) is -0.0586. The Kier molecular flexibility index (Phi) is 6.53. The number of aromatic nitrogens is 2. The lowest BCUT2D eigenvalue weighted by Crippen LogP contribution is -2.49. The highest BCUT2D eigenvalue weighted by atomic mass is 35.5. The number of pyridine rings is 1. The molecule has 1 atom stereocenters. The molecule has 8 heteroatoms. The van der Waals surface area contributed by atoms with E-state index in [-0.39, 0.29) is 29.8 Å². The van der Waals surface area contributed by atoms with Crippen molar-refractivity contribution < 1.29 is 9.59 Å². The van der Waals surface area contributed by atoms with Crippen molar-refractivity contribution in [2.24, 2.45) is 0 Å². The summed E-state index contributed by atoms with van der Waals surface area (Å²) in [7, 11) is 0. The van der Waals surface area contributed by atoms with Crippen LogP contribution in [-0.4, -0.2) is 51.8 Å². The van der Waals surface area contributed by atoms with Gasteiger partial charge in [-0.2, -0.15) is 0 Å². The molecule has 1 saturated heterocycles. The summed E-state index contributed by atoms with van der Waals surface area (Å²) in [6.45, 7) is 1.42. The number of halogens is 1. The van der Waals surface area contributed by atoms with Gasteiger partial charge in [0, 0.05) is 65.3 Å². The van der Waals surface area contributed by atoms with E-state index in [2.05, 4.69) is 10.3 Å². The van der Waals surface area contributed by atoms with Crippen LogP contribution >= 0.6 is 11.6 Å². The van der Waals surface area contributed by atoms with E-state index in [1.165, 1.54) is 10.6 Å². The SMILES string of the molecule is O=C(CNC1CCCN(C(=O)c2ccc(-n3ccccc3=O)cc2)C1)c1ccc2c(Cl)c[nH]c2c1. The Balaban J connectivity index is 1.20. The van der Waals surface area contributed by atoms with Crippen LogP contribution in [0.1, 0.15) is 33.6 Å². The minimum atomic E-state index is -0.123. The molecule has 178 valence electrons. The summed E-state index contributed by atoms with van der Waals surface area (Å²) in [6.07, 6.45) is 5.17. The maximum absolute atomic E-state index is 13.1. The number of nitrogens with zero attached hydrogens (tertiary/aromatic N) is 2. The predicted molar refractivity (Wildman–Crippen MR) is 137 cm³/mol. The average Bonchev–Trinajstić information content (AvgIpc) is 3.27. The number of carbonyl (C=O) groups excluding carboxylic acids is 2. The number of Topliss-reactive ketones (excluding diaryl/α,β-unsaturated/α-hetero) is 1. The first-order valence-corrected chi connectivity index (χ1v) is 12.0. The Morgan fingerprint density at radius 3 is 2.66 bits per heavy atom. The molecule has 3 heterocycles. The number of rotatable bonds is 6. The minimum absolute atomic E-state index is 0.00665. The van der Waals surface area contributed by atoms with Crippen LogP contribution in [0.3, 0.4) is 0 Å². The van der Waals surface area contributed by atoms with Gasteiger partial charge in [-0.3, -0.25) is 19.0 Å². The van der Waals surface area contributed by atoms with E-state index in [1.807, 2.05) is 17.0 Å². The third kappa shape index (κ3) is 4.92. The summed E-state index contributed by atoms with van der Waals surface area (Å²) in [4.78, 5) is 42.8. The zero-order chi connectivity index (χ0) is 24.4. The summed E-state index contributed by atoms with van der Waals surface area (Å²) in [5.41, 5.74) is 2.61. The van der Waals surface area contributed by atoms with E-state index < -0.39 is 0 Å². The van der Waals surface area contributed by atoms with E-state index in [0.717, 1.165) is 23.7 Å². The number of H-pyrrole nitrogens is 1. The summed E-state index contributed by atoms with van der Waals surface area (Å²) < 4.78 is 1.54. The first kappa shape index (κ1) is 23.1. The molecule has 0 spiro atoms. The second-order valence-corrected chi connectivity index (χ2v) is 9.15. The zero-order valence-corrected chi connectivity index (χ0v) is 19.8. The molecule has 0 radical (unpaired) electrons. The largest absolute Gasteiger partial charge is 0.360 e. The molecule has 35 heavy (non-hydrogen) atoms. The molecule has 0 saturated carbocycles. The Morgan fingerprint density at radius 2 is 1.86 bits per heavy atom. The predicted octanol–water partition coefficient (Wildman–Crippen LogP) is 4.05. The number of carbonyl (C=O) groups is 2. The highest BCUT2D eigenvalue weighted by Crippen LogP contribution is 2.24. The maximum atomic E-state index is 13.1. The number of likely N-dealkylation sites (tertiary alicyclic amines) is 1. The molecule has 0 aliphatic carbocycles. The Morgan fingerprint density at radius 1 is 1.06 bits per heavy atom. The van der Waals surface area contributed by atoms with Gasteiger partial charge in [-0.25, -0.2) is 0 Å². The van der Waals surface area contributed by atoms with Crippen molar-refractivity contribution >= 4 is 34.2 Å². The minimum Gasteiger partial charge on any atom is -0.360 e. The molecule has 4 aromatic rings. The quantitative estimate of drug-likeness (QED) is 0.401. The molecule has 2 aromatic carbocycles. The van der Waals surface area contributed by atoms with Crippen molar-refractivity contribution in [1.82, 2.24) is 19.8 Å². The lowest BCUT2D eigenvalue weighted by molar-refractivity contribution is 0.0694. The zero-order valence-electron chi connectivity index (χ0n) is 19.0. The molecule has 0 bridgehead atoms. The van der Waals surface area contributed by atoms with Crippen molar-refractivity contribution in [3.63, 3.8) is 0 Å². The van der Waals surface area contributed by atoms with Crippen LogP contribution in [0.15, 0.2) is 77.9 Å². The van der Waals surface area contributed by atoms with Gasteiger partial charge in [-0.1, -0.05) is 29.8 Å². The Bertz CT molecular complexity index is 1440. The fraction of sp³-hybridized carbons (Fsp3) is 0.222. The van der Waals surface area contributed by atoms with Crippen LogP contribution in [0.5, 0.6) is 0 Å². The fourth-order valence-corrected chi connectivity index (χ4v) is 4.74. The van der Waals surface area contributed by atoms with Gasteiger partial charge in [-0.05, 0) is 49.2 Å². The normalized spacial score (nSPS) is 15.9. The highest BCUT2D eigenvalue weighted by molar-refractivity contribution is 6.35. The second kappa shape index (κ2) is 9.90. The summed E-state index contributed by atoms with van der Waals surface area (Å²) in [6, 6.07) is 17.5. The van der Waals surface area contributed by atoms with Crippen molar-refractivity contribution in [3.8, 4) is 5.69 Å². The smallest absolute Gasteiger partial charge is 0.255 e. The molecule has 5 rings (SSSR count). The molecule has 2 aromatic heterocycles.